The smallest absolute Gasteiger partial charge is 0.0841 e. The first-order valence-electron chi connectivity index (χ1n) is 4.27. The molecule has 2 unspecified atom stereocenters. The van der Waals surface area contributed by atoms with Crippen molar-refractivity contribution in [3.63, 3.8) is 0 Å². The Labute approximate surface area is 76.0 Å². The van der Waals surface area contributed by atoms with Gasteiger partial charge in [-0.15, -0.1) is 11.3 Å². The topological polar surface area (TPSA) is 46.2 Å². The molecule has 0 fully saturated rings. The average molecular weight is 183 g/mol. The number of fused-ring (bicyclic) bond motifs is 1. The maximum Gasteiger partial charge on any atom is 0.0841 e. The molecule has 3 N–H and O–H groups in total. The normalized spacial score (nSPS) is 28.5. The van der Waals surface area contributed by atoms with E-state index < -0.39 is 0 Å². The standard InChI is InChI=1S/C9H13NOS/c10-5-6-1-2-8-7(9(6)11)3-4-12-8/h3-4,6,9,11H,1-2,5,10H2. The summed E-state index contributed by atoms with van der Waals surface area (Å²) in [4.78, 5) is 1.34. The highest BCUT2D eigenvalue weighted by molar-refractivity contribution is 7.10. The van der Waals surface area contributed by atoms with Gasteiger partial charge in [0.1, 0.15) is 0 Å². The Kier molecular flexibility index (Phi) is 2.17. The molecule has 2 rings (SSSR count). The molecule has 0 radical (unpaired) electrons. The van der Waals surface area contributed by atoms with E-state index in [0.717, 1.165) is 18.4 Å². The molecule has 12 heavy (non-hydrogen) atoms. The summed E-state index contributed by atoms with van der Waals surface area (Å²) in [6, 6.07) is 2.02. The summed E-state index contributed by atoms with van der Waals surface area (Å²) in [5.41, 5.74) is 6.68. The van der Waals surface area contributed by atoms with Crippen LogP contribution in [0.15, 0.2) is 11.4 Å². The molecule has 0 saturated carbocycles. The lowest BCUT2D eigenvalue weighted by Crippen LogP contribution is -2.25. The number of rotatable bonds is 1. The van der Waals surface area contributed by atoms with Gasteiger partial charge in [-0.1, -0.05) is 0 Å². The van der Waals surface area contributed by atoms with Crippen LogP contribution < -0.4 is 5.73 Å². The van der Waals surface area contributed by atoms with E-state index in [-0.39, 0.29) is 12.0 Å². The van der Waals surface area contributed by atoms with Gasteiger partial charge in [0, 0.05) is 10.8 Å². The van der Waals surface area contributed by atoms with Crippen LogP contribution in [0.2, 0.25) is 0 Å². The molecule has 1 aromatic heterocycles. The monoisotopic (exact) mass is 183 g/mol. The Morgan fingerprint density at radius 3 is 3.25 bits per heavy atom. The van der Waals surface area contributed by atoms with Crippen molar-refractivity contribution in [1.29, 1.82) is 0 Å². The second-order valence-corrected chi connectivity index (χ2v) is 4.28. The van der Waals surface area contributed by atoms with Crippen molar-refractivity contribution >= 4 is 11.3 Å². The molecule has 2 nitrogen and oxygen atoms in total. The molecule has 0 spiro atoms. The zero-order chi connectivity index (χ0) is 8.55. The molecule has 1 aromatic rings. The molecular formula is C9H13NOS. The van der Waals surface area contributed by atoms with Crippen LogP contribution in [0.25, 0.3) is 0 Å². The van der Waals surface area contributed by atoms with Gasteiger partial charge in [-0.25, -0.2) is 0 Å². The van der Waals surface area contributed by atoms with Crippen LogP contribution in [0.3, 0.4) is 0 Å². The molecule has 0 amide bonds. The van der Waals surface area contributed by atoms with Crippen molar-refractivity contribution in [2.24, 2.45) is 11.7 Å². The molecule has 0 aromatic carbocycles. The highest BCUT2D eigenvalue weighted by Crippen LogP contribution is 2.36. The first-order valence-corrected chi connectivity index (χ1v) is 5.15. The summed E-state index contributed by atoms with van der Waals surface area (Å²) in [7, 11) is 0. The van der Waals surface area contributed by atoms with E-state index in [4.69, 9.17) is 5.73 Å². The number of hydrogen-bond acceptors (Lipinski definition) is 3. The second kappa shape index (κ2) is 3.17. The zero-order valence-electron chi connectivity index (χ0n) is 6.86. The third kappa shape index (κ3) is 1.18. The fraction of sp³-hybridized carbons (Fsp3) is 0.556. The number of hydrogen-bond donors (Lipinski definition) is 2. The number of aryl methyl sites for hydroxylation is 1. The van der Waals surface area contributed by atoms with Gasteiger partial charge in [-0.05, 0) is 36.4 Å². The molecular weight excluding hydrogens is 170 g/mol. The second-order valence-electron chi connectivity index (χ2n) is 3.28. The van der Waals surface area contributed by atoms with Crippen molar-refractivity contribution in [3.8, 4) is 0 Å². The van der Waals surface area contributed by atoms with E-state index in [1.807, 2.05) is 11.4 Å². The molecule has 1 aliphatic rings. The first kappa shape index (κ1) is 8.23. The summed E-state index contributed by atoms with van der Waals surface area (Å²) < 4.78 is 0. The van der Waals surface area contributed by atoms with Gasteiger partial charge in [-0.2, -0.15) is 0 Å². The highest BCUT2D eigenvalue weighted by Gasteiger charge is 2.27. The summed E-state index contributed by atoms with van der Waals surface area (Å²) in [5, 5.41) is 11.9. The first-order chi connectivity index (χ1) is 5.83. The molecule has 1 heterocycles. The fourth-order valence-electron chi connectivity index (χ4n) is 1.79. The minimum absolute atomic E-state index is 0.270. The third-order valence-electron chi connectivity index (χ3n) is 2.59. The van der Waals surface area contributed by atoms with Crippen LogP contribution in [0, 0.1) is 5.92 Å². The molecule has 0 bridgehead atoms. The molecule has 1 aliphatic carbocycles. The van der Waals surface area contributed by atoms with Gasteiger partial charge in [0.2, 0.25) is 0 Å². The molecule has 0 saturated heterocycles. The fourth-order valence-corrected chi connectivity index (χ4v) is 2.73. The lowest BCUT2D eigenvalue weighted by atomic mass is 9.86. The summed E-state index contributed by atoms with van der Waals surface area (Å²) >= 11 is 1.74. The van der Waals surface area contributed by atoms with E-state index in [9.17, 15) is 5.11 Å². The van der Waals surface area contributed by atoms with E-state index in [0.29, 0.717) is 6.54 Å². The molecule has 0 aliphatic heterocycles. The van der Waals surface area contributed by atoms with Crippen molar-refractivity contribution in [1.82, 2.24) is 0 Å². The van der Waals surface area contributed by atoms with Gasteiger partial charge < -0.3 is 10.8 Å². The summed E-state index contributed by atoms with van der Waals surface area (Å²) in [6.07, 6.45) is 1.81. The lowest BCUT2D eigenvalue weighted by Gasteiger charge is -2.26. The van der Waals surface area contributed by atoms with Crippen molar-refractivity contribution in [2.45, 2.75) is 18.9 Å². The Bertz CT molecular complexity index is 271. The van der Waals surface area contributed by atoms with Crippen LogP contribution in [-0.4, -0.2) is 11.7 Å². The minimum Gasteiger partial charge on any atom is -0.388 e. The van der Waals surface area contributed by atoms with Crippen molar-refractivity contribution in [3.05, 3.63) is 21.9 Å². The molecule has 66 valence electrons. The van der Waals surface area contributed by atoms with Crippen LogP contribution in [0.4, 0.5) is 0 Å². The average Bonchev–Trinajstić information content (AvgIpc) is 2.53. The van der Waals surface area contributed by atoms with Gasteiger partial charge in [-0.3, -0.25) is 0 Å². The van der Waals surface area contributed by atoms with Crippen LogP contribution in [0.5, 0.6) is 0 Å². The maximum atomic E-state index is 9.84. The Morgan fingerprint density at radius 2 is 2.50 bits per heavy atom. The van der Waals surface area contributed by atoms with E-state index >= 15 is 0 Å². The van der Waals surface area contributed by atoms with Gasteiger partial charge in [0.05, 0.1) is 6.10 Å². The van der Waals surface area contributed by atoms with Gasteiger partial charge in [0.15, 0.2) is 0 Å². The van der Waals surface area contributed by atoms with E-state index in [1.165, 1.54) is 4.88 Å². The van der Waals surface area contributed by atoms with Crippen molar-refractivity contribution in [2.75, 3.05) is 6.54 Å². The van der Waals surface area contributed by atoms with Crippen LogP contribution in [0.1, 0.15) is 23.0 Å². The van der Waals surface area contributed by atoms with Gasteiger partial charge >= 0.3 is 0 Å². The van der Waals surface area contributed by atoms with Crippen molar-refractivity contribution < 1.29 is 5.11 Å². The lowest BCUT2D eigenvalue weighted by molar-refractivity contribution is 0.0992. The van der Waals surface area contributed by atoms with E-state index in [1.54, 1.807) is 11.3 Å². The molecule has 2 atom stereocenters. The number of aliphatic hydroxyl groups is 1. The number of aliphatic hydroxyl groups excluding tert-OH is 1. The Hall–Kier alpha value is -0.380. The number of thiophene rings is 1. The third-order valence-corrected chi connectivity index (χ3v) is 3.59. The predicted octanol–water partition coefficient (Wildman–Crippen LogP) is 1.30. The predicted molar refractivity (Wildman–Crippen MR) is 50.1 cm³/mol. The maximum absolute atomic E-state index is 9.84. The summed E-state index contributed by atoms with van der Waals surface area (Å²) in [6.45, 7) is 0.594. The summed E-state index contributed by atoms with van der Waals surface area (Å²) in [5.74, 6) is 0.270. The van der Waals surface area contributed by atoms with Crippen LogP contribution >= 0.6 is 11.3 Å². The van der Waals surface area contributed by atoms with Gasteiger partial charge in [0.25, 0.3) is 0 Å². The highest BCUT2D eigenvalue weighted by atomic mass is 32.1. The quantitative estimate of drug-likeness (QED) is 0.689. The minimum atomic E-state index is -0.315. The SMILES string of the molecule is NCC1CCc2sccc2C1O. The Balaban J connectivity index is 2.29. The largest absolute Gasteiger partial charge is 0.388 e. The van der Waals surface area contributed by atoms with E-state index in [2.05, 4.69) is 0 Å². The van der Waals surface area contributed by atoms with Crippen LogP contribution in [-0.2, 0) is 6.42 Å². The number of nitrogens with two attached hydrogens (primary N) is 1. The molecule has 3 heteroatoms. The zero-order valence-corrected chi connectivity index (χ0v) is 7.68. The Morgan fingerprint density at radius 1 is 1.67 bits per heavy atom.